The smallest absolute Gasteiger partial charge is 0.140 e. The summed E-state index contributed by atoms with van der Waals surface area (Å²) in [5.41, 5.74) is 4.26. The molecule has 0 spiro atoms. The summed E-state index contributed by atoms with van der Waals surface area (Å²) in [5, 5.41) is 0. The second-order valence-electron chi connectivity index (χ2n) is 6.20. The average Bonchev–Trinajstić information content (AvgIpc) is 2.95. The molecule has 0 saturated carbocycles. The molecule has 0 aliphatic carbocycles. The second kappa shape index (κ2) is 5.39. The van der Waals surface area contributed by atoms with Crippen molar-refractivity contribution in [1.82, 2.24) is 0 Å². The monoisotopic (exact) mass is 304 g/mol. The number of rotatable bonds is 2. The van der Waals surface area contributed by atoms with Crippen molar-refractivity contribution in [1.29, 1.82) is 0 Å². The van der Waals surface area contributed by atoms with Crippen LogP contribution in [0.25, 0.3) is 11.3 Å². The van der Waals surface area contributed by atoms with E-state index in [2.05, 4.69) is 50.2 Å². The lowest BCUT2D eigenvalue weighted by atomic mass is 9.81. The Balaban J connectivity index is 1.97. The molecule has 3 aromatic rings. The molecular formula is C21H20O2. The van der Waals surface area contributed by atoms with Gasteiger partial charge in [-0.25, -0.2) is 0 Å². The summed E-state index contributed by atoms with van der Waals surface area (Å²) in [5.74, 6) is 1.94. The lowest BCUT2D eigenvalue weighted by Crippen LogP contribution is -2.33. The van der Waals surface area contributed by atoms with Crippen molar-refractivity contribution >= 4 is 0 Å². The summed E-state index contributed by atoms with van der Waals surface area (Å²) in [4.78, 5) is 0. The third kappa shape index (κ3) is 2.22. The molecule has 0 bridgehead atoms. The molecule has 2 heteroatoms. The Kier molecular flexibility index (Phi) is 3.35. The highest BCUT2D eigenvalue weighted by Gasteiger charge is 2.40. The molecule has 4 rings (SSSR count). The Hall–Kier alpha value is -2.32. The van der Waals surface area contributed by atoms with Crippen LogP contribution in [0.1, 0.15) is 29.4 Å². The minimum Gasteiger partial charge on any atom is -0.461 e. The van der Waals surface area contributed by atoms with Gasteiger partial charge >= 0.3 is 0 Å². The topological polar surface area (TPSA) is 22.4 Å². The largest absolute Gasteiger partial charge is 0.461 e. The van der Waals surface area contributed by atoms with Gasteiger partial charge in [0.1, 0.15) is 17.1 Å². The summed E-state index contributed by atoms with van der Waals surface area (Å²) in [6.07, 6.45) is 0.903. The molecular weight excluding hydrogens is 284 g/mol. The first kappa shape index (κ1) is 14.3. The Morgan fingerprint density at radius 1 is 0.913 bits per heavy atom. The zero-order valence-corrected chi connectivity index (χ0v) is 13.5. The van der Waals surface area contributed by atoms with Gasteiger partial charge < -0.3 is 9.15 Å². The van der Waals surface area contributed by atoms with Gasteiger partial charge in [-0.1, -0.05) is 60.7 Å². The van der Waals surface area contributed by atoms with Crippen LogP contribution in [-0.2, 0) is 16.8 Å². The lowest BCUT2D eigenvalue weighted by molar-refractivity contribution is -0.0134. The summed E-state index contributed by atoms with van der Waals surface area (Å²) in [6.45, 7) is 4.93. The van der Waals surface area contributed by atoms with Crippen LogP contribution in [0.15, 0.2) is 65.1 Å². The van der Waals surface area contributed by atoms with Crippen molar-refractivity contribution in [2.45, 2.75) is 25.9 Å². The van der Waals surface area contributed by atoms with E-state index in [0.29, 0.717) is 6.61 Å². The van der Waals surface area contributed by atoms with Gasteiger partial charge in [0.05, 0.1) is 6.61 Å². The molecule has 116 valence electrons. The Labute approximate surface area is 136 Å². The van der Waals surface area contributed by atoms with Crippen LogP contribution in [0.2, 0.25) is 0 Å². The number of aryl methyl sites for hydroxylation is 1. The van der Waals surface area contributed by atoms with E-state index in [9.17, 15) is 0 Å². The standard InChI is InChI=1S/C21H20O2/c1-15-18-13-14-22-21(2,17-11-7-4-8-12-17)19(18)20(23-15)16-9-5-3-6-10-16/h3-12H,13-14H2,1-2H3. The Morgan fingerprint density at radius 3 is 2.26 bits per heavy atom. The maximum absolute atomic E-state index is 6.29. The number of ether oxygens (including phenoxy) is 1. The van der Waals surface area contributed by atoms with Crippen molar-refractivity contribution < 1.29 is 9.15 Å². The summed E-state index contributed by atoms with van der Waals surface area (Å²) >= 11 is 0. The molecule has 1 aliphatic heterocycles. The first-order valence-corrected chi connectivity index (χ1v) is 8.08. The number of hydrogen-bond donors (Lipinski definition) is 0. The fourth-order valence-electron chi connectivity index (χ4n) is 3.59. The van der Waals surface area contributed by atoms with E-state index < -0.39 is 5.60 Å². The van der Waals surface area contributed by atoms with Gasteiger partial charge in [-0.3, -0.25) is 0 Å². The van der Waals surface area contributed by atoms with E-state index in [1.54, 1.807) is 0 Å². The first-order chi connectivity index (χ1) is 11.2. The third-order valence-electron chi connectivity index (χ3n) is 4.79. The predicted molar refractivity (Wildman–Crippen MR) is 91.4 cm³/mol. The maximum atomic E-state index is 6.29. The molecule has 1 aliphatic rings. The summed E-state index contributed by atoms with van der Waals surface area (Å²) in [7, 11) is 0. The van der Waals surface area contributed by atoms with Gasteiger partial charge in [-0.15, -0.1) is 0 Å². The molecule has 0 radical (unpaired) electrons. The predicted octanol–water partition coefficient (Wildman–Crippen LogP) is 5.09. The van der Waals surface area contributed by atoms with Gasteiger partial charge in [0, 0.05) is 16.7 Å². The highest BCUT2D eigenvalue weighted by molar-refractivity contribution is 5.67. The Bertz CT molecular complexity index is 818. The fourth-order valence-corrected chi connectivity index (χ4v) is 3.59. The highest BCUT2D eigenvalue weighted by atomic mass is 16.5. The average molecular weight is 304 g/mol. The van der Waals surface area contributed by atoms with E-state index in [4.69, 9.17) is 9.15 Å². The second-order valence-corrected chi connectivity index (χ2v) is 6.20. The summed E-state index contributed by atoms with van der Waals surface area (Å²) in [6, 6.07) is 20.7. The SMILES string of the molecule is Cc1oc(-c2ccccc2)c2c1CCOC2(C)c1ccccc1. The van der Waals surface area contributed by atoms with Crippen LogP contribution in [0.4, 0.5) is 0 Å². The van der Waals surface area contributed by atoms with Gasteiger partial charge in [0.25, 0.3) is 0 Å². The molecule has 1 unspecified atom stereocenters. The number of hydrogen-bond acceptors (Lipinski definition) is 2. The minimum absolute atomic E-state index is 0.474. The van der Waals surface area contributed by atoms with Crippen LogP contribution < -0.4 is 0 Å². The highest BCUT2D eigenvalue weighted by Crippen LogP contribution is 2.46. The summed E-state index contributed by atoms with van der Waals surface area (Å²) < 4.78 is 12.5. The zero-order valence-electron chi connectivity index (χ0n) is 13.5. The molecule has 0 N–H and O–H groups in total. The van der Waals surface area contributed by atoms with Gasteiger partial charge in [-0.05, 0) is 25.8 Å². The molecule has 2 nitrogen and oxygen atoms in total. The van der Waals surface area contributed by atoms with Crippen molar-refractivity contribution in [2.24, 2.45) is 0 Å². The molecule has 0 amide bonds. The molecule has 1 atom stereocenters. The van der Waals surface area contributed by atoms with Crippen LogP contribution >= 0.6 is 0 Å². The van der Waals surface area contributed by atoms with E-state index in [-0.39, 0.29) is 0 Å². The van der Waals surface area contributed by atoms with Crippen LogP contribution in [0, 0.1) is 6.92 Å². The molecule has 2 heterocycles. The molecule has 2 aromatic carbocycles. The normalized spacial score (nSPS) is 20.3. The molecule has 1 aromatic heterocycles. The maximum Gasteiger partial charge on any atom is 0.140 e. The van der Waals surface area contributed by atoms with Gasteiger partial charge in [-0.2, -0.15) is 0 Å². The zero-order chi connectivity index (χ0) is 15.9. The van der Waals surface area contributed by atoms with Crippen molar-refractivity contribution in [2.75, 3.05) is 6.61 Å². The minimum atomic E-state index is -0.474. The molecule has 0 saturated heterocycles. The Morgan fingerprint density at radius 2 is 1.57 bits per heavy atom. The molecule has 23 heavy (non-hydrogen) atoms. The van der Waals surface area contributed by atoms with Crippen molar-refractivity contribution in [3.63, 3.8) is 0 Å². The van der Waals surface area contributed by atoms with Gasteiger partial charge in [0.2, 0.25) is 0 Å². The number of benzene rings is 2. The van der Waals surface area contributed by atoms with Gasteiger partial charge in [0.15, 0.2) is 0 Å². The van der Waals surface area contributed by atoms with Crippen molar-refractivity contribution in [3.05, 3.63) is 83.1 Å². The van der Waals surface area contributed by atoms with E-state index >= 15 is 0 Å². The van der Waals surface area contributed by atoms with E-state index in [1.807, 2.05) is 24.3 Å². The van der Waals surface area contributed by atoms with E-state index in [0.717, 1.165) is 23.5 Å². The lowest BCUT2D eigenvalue weighted by Gasteiger charge is -2.35. The third-order valence-corrected chi connectivity index (χ3v) is 4.79. The van der Waals surface area contributed by atoms with E-state index in [1.165, 1.54) is 16.7 Å². The fraction of sp³-hybridized carbons (Fsp3) is 0.238. The van der Waals surface area contributed by atoms with Crippen molar-refractivity contribution in [3.8, 4) is 11.3 Å². The van der Waals surface area contributed by atoms with Crippen LogP contribution in [-0.4, -0.2) is 6.61 Å². The number of fused-ring (bicyclic) bond motifs is 1. The number of furan rings is 1. The van der Waals surface area contributed by atoms with Crippen LogP contribution in [0.5, 0.6) is 0 Å². The molecule has 0 fully saturated rings. The quantitative estimate of drug-likeness (QED) is 0.658. The van der Waals surface area contributed by atoms with Crippen LogP contribution in [0.3, 0.4) is 0 Å². The first-order valence-electron chi connectivity index (χ1n) is 8.08.